The fourth-order valence-corrected chi connectivity index (χ4v) is 9.32. The van der Waals surface area contributed by atoms with Crippen LogP contribution < -0.4 is 15.9 Å². The average Bonchev–Trinajstić information content (AvgIpc) is 2.92. The van der Waals surface area contributed by atoms with Crippen LogP contribution in [0.2, 0.25) is 0 Å². The van der Waals surface area contributed by atoms with Crippen molar-refractivity contribution in [2.45, 2.75) is 45.2 Å². The second-order valence-electron chi connectivity index (χ2n) is 8.87. The van der Waals surface area contributed by atoms with Crippen LogP contribution in [0.5, 0.6) is 0 Å². The number of hydrogen-bond acceptors (Lipinski definition) is 1. The van der Waals surface area contributed by atoms with Crippen LogP contribution in [0.3, 0.4) is 0 Å². The normalized spacial score (nSPS) is 10.9. The molecule has 0 saturated carbocycles. The fourth-order valence-electron chi connectivity index (χ4n) is 4.58. The molecule has 0 atom stereocenters. The first kappa shape index (κ1) is 29.3. The summed E-state index contributed by atoms with van der Waals surface area (Å²) in [5, 5.41) is 12.6. The molecular weight excluding hydrogens is 483 g/mol. The number of carboxylic acid groups (broad SMARTS) is 1. The molecule has 2 nitrogen and oxygen atoms in total. The molecule has 4 rings (SSSR count). The Morgan fingerprint density at radius 1 is 0.611 bits per heavy atom. The van der Waals surface area contributed by atoms with E-state index in [-0.39, 0.29) is 12.4 Å². The van der Waals surface area contributed by atoms with Crippen molar-refractivity contribution in [3.05, 3.63) is 127 Å². The van der Waals surface area contributed by atoms with Gasteiger partial charge in [0.15, 0.2) is 0 Å². The van der Waals surface area contributed by atoms with Crippen molar-refractivity contribution in [2.75, 3.05) is 0 Å². The number of carbonyl (C=O) groups is 1. The first-order valence-electron chi connectivity index (χ1n) is 12.6. The van der Waals surface area contributed by atoms with Crippen molar-refractivity contribution in [3.8, 4) is 0 Å². The molecule has 36 heavy (non-hydrogen) atoms. The molecular formula is C32H38ClO2P. The Bertz CT molecular complexity index is 1020. The number of benzene rings is 4. The van der Waals surface area contributed by atoms with Crippen molar-refractivity contribution in [3.63, 3.8) is 0 Å². The predicted molar refractivity (Wildman–Crippen MR) is 160 cm³/mol. The first-order valence-corrected chi connectivity index (χ1v) is 14.8. The second-order valence-corrected chi connectivity index (χ2v) is 12.8. The van der Waals surface area contributed by atoms with E-state index < -0.39 is 13.2 Å². The molecule has 0 unspecified atom stereocenters. The molecule has 0 radical (unpaired) electrons. The van der Waals surface area contributed by atoms with Crippen LogP contribution in [0.1, 0.15) is 44.6 Å². The summed E-state index contributed by atoms with van der Waals surface area (Å²) in [4.78, 5) is 9.96. The maximum atomic E-state index is 9.96. The van der Waals surface area contributed by atoms with Gasteiger partial charge in [0.2, 0.25) is 0 Å². The van der Waals surface area contributed by atoms with Gasteiger partial charge < -0.3 is 5.11 Å². The minimum atomic E-state index is -2.16. The summed E-state index contributed by atoms with van der Waals surface area (Å²) >= 11 is 0. The molecule has 4 aromatic rings. The number of hydrogen-bond donors (Lipinski definition) is 1. The molecule has 4 heteroatoms. The van der Waals surface area contributed by atoms with E-state index in [2.05, 4.69) is 128 Å². The van der Waals surface area contributed by atoms with Crippen molar-refractivity contribution in [1.29, 1.82) is 0 Å². The summed E-state index contributed by atoms with van der Waals surface area (Å²) in [6.45, 7) is 2.11. The summed E-state index contributed by atoms with van der Waals surface area (Å²) in [5.74, 6) is -0.675. The maximum absolute atomic E-state index is 9.96. The SMILES string of the molecule is CCCCCCC(=O)O.Cl.c1ccc(C[PH](c2ccccc2)(c2ccccc2)c2ccccc2)cc1. The molecule has 0 bridgehead atoms. The van der Waals surface area contributed by atoms with Gasteiger partial charge >= 0.3 is 162 Å². The van der Waals surface area contributed by atoms with Crippen molar-refractivity contribution >= 4 is 41.6 Å². The summed E-state index contributed by atoms with van der Waals surface area (Å²) in [6.07, 6.45) is 5.62. The molecule has 0 heterocycles. The molecule has 0 fully saturated rings. The van der Waals surface area contributed by atoms with Gasteiger partial charge in [0.25, 0.3) is 0 Å². The molecule has 0 spiro atoms. The van der Waals surface area contributed by atoms with Crippen LogP contribution in [0, 0.1) is 0 Å². The quantitative estimate of drug-likeness (QED) is 0.175. The van der Waals surface area contributed by atoms with E-state index >= 15 is 0 Å². The monoisotopic (exact) mass is 520 g/mol. The standard InChI is InChI=1S/C25H23P.C7H14O2.ClH/c1-5-13-22(14-6-1)21-26(23-15-7-2-8-16-23,24-17-9-3-10-18-24)25-19-11-4-12-20-25;1-2-3-4-5-6-7(8)9;/h1-20,26H,21H2;2-6H2,1H3,(H,8,9);1H. The van der Waals surface area contributed by atoms with E-state index in [0.717, 1.165) is 25.4 Å². The third-order valence-corrected chi connectivity index (χ3v) is 11.3. The first-order chi connectivity index (χ1) is 17.2. The molecule has 0 aromatic heterocycles. The Kier molecular flexibility index (Phi) is 13.0. The van der Waals surface area contributed by atoms with E-state index in [0.29, 0.717) is 6.42 Å². The number of halogens is 1. The van der Waals surface area contributed by atoms with Crippen LogP contribution in [-0.2, 0) is 11.0 Å². The molecule has 0 aliphatic rings. The van der Waals surface area contributed by atoms with Crippen LogP contribution in [0.4, 0.5) is 0 Å². The Balaban J connectivity index is 0.000000394. The van der Waals surface area contributed by atoms with E-state index in [1.807, 2.05) is 0 Å². The van der Waals surface area contributed by atoms with Crippen molar-refractivity contribution < 1.29 is 9.90 Å². The average molecular weight is 521 g/mol. The van der Waals surface area contributed by atoms with Crippen molar-refractivity contribution in [2.24, 2.45) is 0 Å². The summed E-state index contributed by atoms with van der Waals surface area (Å²) in [5.41, 5.74) is 1.40. The van der Waals surface area contributed by atoms with Gasteiger partial charge in [-0.3, -0.25) is 4.79 Å². The van der Waals surface area contributed by atoms with Gasteiger partial charge in [0, 0.05) is 6.42 Å². The Hall–Kier alpha value is -2.93. The van der Waals surface area contributed by atoms with E-state index in [1.54, 1.807) is 0 Å². The number of rotatable bonds is 10. The third-order valence-electron chi connectivity index (χ3n) is 6.36. The zero-order valence-corrected chi connectivity index (χ0v) is 22.9. The van der Waals surface area contributed by atoms with Gasteiger partial charge in [0.05, 0.1) is 0 Å². The van der Waals surface area contributed by atoms with E-state index in [9.17, 15) is 4.79 Å². The van der Waals surface area contributed by atoms with Gasteiger partial charge in [-0.05, 0) is 6.42 Å². The van der Waals surface area contributed by atoms with Crippen molar-refractivity contribution in [1.82, 2.24) is 0 Å². The third kappa shape index (κ3) is 8.33. The number of unbranched alkanes of at least 4 members (excludes halogenated alkanes) is 3. The zero-order valence-electron chi connectivity index (χ0n) is 21.1. The molecule has 190 valence electrons. The van der Waals surface area contributed by atoms with E-state index in [4.69, 9.17) is 5.11 Å². The fraction of sp³-hybridized carbons (Fsp3) is 0.219. The van der Waals surface area contributed by atoms with Gasteiger partial charge in [-0.2, -0.15) is 0 Å². The number of carboxylic acids is 1. The van der Waals surface area contributed by atoms with E-state index in [1.165, 1.54) is 27.9 Å². The van der Waals surface area contributed by atoms with Crippen LogP contribution in [0.15, 0.2) is 121 Å². The molecule has 1 N–H and O–H groups in total. The molecule has 0 amide bonds. The topological polar surface area (TPSA) is 37.3 Å². The Morgan fingerprint density at radius 2 is 1.00 bits per heavy atom. The molecule has 0 saturated heterocycles. The predicted octanol–water partition coefficient (Wildman–Crippen LogP) is 7.38. The van der Waals surface area contributed by atoms with Gasteiger partial charge in [0.1, 0.15) is 0 Å². The van der Waals surface area contributed by atoms with Crippen LogP contribution in [-0.4, -0.2) is 11.1 Å². The summed E-state index contributed by atoms with van der Waals surface area (Å²) < 4.78 is 0. The summed E-state index contributed by atoms with van der Waals surface area (Å²) in [7, 11) is -2.16. The van der Waals surface area contributed by atoms with Crippen LogP contribution >= 0.6 is 19.7 Å². The molecule has 0 aliphatic heterocycles. The second kappa shape index (κ2) is 15.9. The number of aliphatic carboxylic acids is 1. The molecule has 0 aliphatic carbocycles. The van der Waals surface area contributed by atoms with Gasteiger partial charge in [-0.15, -0.1) is 12.4 Å². The zero-order chi connectivity index (χ0) is 24.8. The van der Waals surface area contributed by atoms with Crippen LogP contribution in [0.25, 0.3) is 0 Å². The summed E-state index contributed by atoms with van der Waals surface area (Å²) in [6, 6.07) is 44.2. The minimum absolute atomic E-state index is 0. The molecule has 4 aromatic carbocycles. The Labute approximate surface area is 223 Å². The Morgan fingerprint density at radius 3 is 1.36 bits per heavy atom. The van der Waals surface area contributed by atoms with Gasteiger partial charge in [-0.25, -0.2) is 0 Å². The van der Waals surface area contributed by atoms with Gasteiger partial charge in [-0.1, -0.05) is 26.2 Å².